The van der Waals surface area contributed by atoms with Crippen LogP contribution in [0.1, 0.15) is 0 Å². The van der Waals surface area contributed by atoms with E-state index < -0.39 is 5.95 Å². The molecular weight excluding hydrogens is 243 g/mol. The summed E-state index contributed by atoms with van der Waals surface area (Å²) in [6.07, 6.45) is 1.22. The number of aromatic nitrogens is 1. The van der Waals surface area contributed by atoms with Crippen LogP contribution in [0.2, 0.25) is 0 Å². The van der Waals surface area contributed by atoms with Gasteiger partial charge in [-0.2, -0.15) is 9.87 Å². The van der Waals surface area contributed by atoms with E-state index in [0.29, 0.717) is 37.9 Å². The summed E-state index contributed by atoms with van der Waals surface area (Å²) in [6, 6.07) is 1.22. The molecule has 1 atom stereocenters. The third-order valence-electron chi connectivity index (χ3n) is 2.42. The molecule has 0 aliphatic carbocycles. The van der Waals surface area contributed by atoms with Crippen LogP contribution >= 0.6 is 0 Å². The van der Waals surface area contributed by atoms with Gasteiger partial charge in [0.2, 0.25) is 11.6 Å². The lowest BCUT2D eigenvalue weighted by molar-refractivity contribution is -0.830. The van der Waals surface area contributed by atoms with E-state index in [9.17, 15) is 4.39 Å². The lowest BCUT2D eigenvalue weighted by Crippen LogP contribution is -2.76. The summed E-state index contributed by atoms with van der Waals surface area (Å²) in [7, 11) is 1.51. The number of halogens is 1. The van der Waals surface area contributed by atoms with Crippen molar-refractivity contribution in [1.29, 1.82) is 0 Å². The van der Waals surface area contributed by atoms with Gasteiger partial charge in [-0.05, 0) is 0 Å². The lowest BCUT2D eigenvalue weighted by Gasteiger charge is -2.22. The minimum absolute atomic E-state index is 0.134. The van der Waals surface area contributed by atoms with Crippen LogP contribution in [0.15, 0.2) is 12.3 Å². The Morgan fingerprint density at radius 2 is 2.44 bits per heavy atom. The standard InChI is InChI=1S/C11H15FN2O4/c1-15-14-9-5-13-11(12)4-10(9)18-7-8-6-16-2-3-17-8/h4-5,8,14H,2-3,6-7H2,1H3/p+1/t8-/m1/s1. The van der Waals surface area contributed by atoms with Gasteiger partial charge >= 0.3 is 0 Å². The molecule has 1 saturated heterocycles. The topological polar surface area (TPSA) is 66.4 Å². The third-order valence-corrected chi connectivity index (χ3v) is 2.42. The number of nitrogens with zero attached hydrogens (tertiary/aromatic N) is 1. The van der Waals surface area contributed by atoms with Gasteiger partial charge < -0.3 is 14.2 Å². The molecule has 1 aromatic rings. The van der Waals surface area contributed by atoms with E-state index in [-0.39, 0.29) is 6.10 Å². The van der Waals surface area contributed by atoms with Crippen LogP contribution in [-0.2, 0) is 14.3 Å². The van der Waals surface area contributed by atoms with Gasteiger partial charge in [-0.25, -0.2) is 9.82 Å². The highest BCUT2D eigenvalue weighted by Gasteiger charge is 2.17. The molecule has 1 aliphatic rings. The smallest absolute Gasteiger partial charge is 0.223 e. The van der Waals surface area contributed by atoms with Crippen LogP contribution in [-0.4, -0.2) is 44.6 Å². The van der Waals surface area contributed by atoms with Gasteiger partial charge in [0, 0.05) is 6.07 Å². The molecule has 18 heavy (non-hydrogen) atoms. The molecule has 100 valence electrons. The molecule has 0 unspecified atom stereocenters. The zero-order valence-electron chi connectivity index (χ0n) is 10.1. The van der Waals surface area contributed by atoms with E-state index in [4.69, 9.17) is 19.0 Å². The van der Waals surface area contributed by atoms with Gasteiger partial charge in [-0.1, -0.05) is 0 Å². The quantitative estimate of drug-likeness (QED) is 0.584. The van der Waals surface area contributed by atoms with Crippen molar-refractivity contribution < 1.29 is 28.9 Å². The molecule has 6 nitrogen and oxygen atoms in total. The van der Waals surface area contributed by atoms with Crippen molar-refractivity contribution in [1.82, 2.24) is 4.98 Å². The second-order valence-corrected chi connectivity index (χ2v) is 3.78. The first-order chi connectivity index (χ1) is 8.79. The van der Waals surface area contributed by atoms with E-state index >= 15 is 0 Å². The summed E-state index contributed by atoms with van der Waals surface area (Å²) in [5.74, 6) is -0.224. The minimum Gasteiger partial charge on any atom is -0.484 e. The van der Waals surface area contributed by atoms with Gasteiger partial charge in [0.05, 0.1) is 33.1 Å². The molecule has 1 aliphatic heterocycles. The fourth-order valence-corrected chi connectivity index (χ4v) is 1.58. The van der Waals surface area contributed by atoms with Crippen LogP contribution in [0.3, 0.4) is 0 Å². The number of hydrogen-bond donors (Lipinski definition) is 1. The molecule has 0 saturated carbocycles. The maximum Gasteiger partial charge on any atom is 0.223 e. The molecule has 7 heteroatoms. The largest absolute Gasteiger partial charge is 0.484 e. The van der Waals surface area contributed by atoms with E-state index in [0.717, 1.165) is 0 Å². The molecule has 2 rings (SSSR count). The fourth-order valence-electron chi connectivity index (χ4n) is 1.58. The molecule has 1 fully saturated rings. The maximum absolute atomic E-state index is 13.1. The SMILES string of the molecule is CO[NH2+]c1cnc(F)cc1OC[C@H]1COCCO1. The van der Waals surface area contributed by atoms with Gasteiger partial charge in [0.15, 0.2) is 5.75 Å². The second kappa shape index (κ2) is 6.60. The van der Waals surface area contributed by atoms with Crippen LogP contribution < -0.4 is 10.2 Å². The highest BCUT2D eigenvalue weighted by Crippen LogP contribution is 2.20. The van der Waals surface area contributed by atoms with Crippen molar-refractivity contribution in [2.45, 2.75) is 6.10 Å². The summed E-state index contributed by atoms with van der Waals surface area (Å²) in [5, 5.41) is 0. The summed E-state index contributed by atoms with van der Waals surface area (Å²) in [5.41, 5.74) is 2.02. The first-order valence-electron chi connectivity index (χ1n) is 5.63. The number of hydrogen-bond acceptors (Lipinski definition) is 5. The van der Waals surface area contributed by atoms with E-state index in [1.54, 1.807) is 0 Å². The number of ether oxygens (including phenoxy) is 3. The monoisotopic (exact) mass is 259 g/mol. The molecule has 1 aromatic heterocycles. The highest BCUT2D eigenvalue weighted by atomic mass is 19.1. The Hall–Kier alpha value is -1.28. The Morgan fingerprint density at radius 3 is 3.17 bits per heavy atom. The minimum atomic E-state index is -0.598. The van der Waals surface area contributed by atoms with Crippen LogP contribution in [0.5, 0.6) is 5.75 Å². The Bertz CT molecular complexity index is 385. The summed E-state index contributed by atoms with van der Waals surface area (Å²) >= 11 is 0. The Labute approximate surface area is 104 Å². The third kappa shape index (κ3) is 3.61. The molecule has 0 radical (unpaired) electrons. The average molecular weight is 259 g/mol. The highest BCUT2D eigenvalue weighted by molar-refractivity contribution is 5.42. The Balaban J connectivity index is 1.95. The molecule has 0 aromatic carbocycles. The van der Waals surface area contributed by atoms with Crippen molar-refractivity contribution in [3.63, 3.8) is 0 Å². The lowest BCUT2D eigenvalue weighted by atomic mass is 10.3. The first kappa shape index (κ1) is 13.2. The number of quaternary nitrogens is 1. The normalized spacial score (nSPS) is 19.8. The van der Waals surface area contributed by atoms with Crippen LogP contribution in [0.4, 0.5) is 10.1 Å². The predicted molar refractivity (Wildman–Crippen MR) is 58.8 cm³/mol. The molecule has 2 N–H and O–H groups in total. The van der Waals surface area contributed by atoms with Gasteiger partial charge in [0.25, 0.3) is 0 Å². The Morgan fingerprint density at radius 1 is 1.56 bits per heavy atom. The van der Waals surface area contributed by atoms with Gasteiger partial charge in [0.1, 0.15) is 12.7 Å². The average Bonchev–Trinajstić information content (AvgIpc) is 2.40. The van der Waals surface area contributed by atoms with Crippen LogP contribution in [0.25, 0.3) is 0 Å². The summed E-state index contributed by atoms with van der Waals surface area (Å²) in [6.45, 7) is 1.93. The summed E-state index contributed by atoms with van der Waals surface area (Å²) < 4.78 is 29.2. The van der Waals surface area contributed by atoms with Crippen LogP contribution in [0, 0.1) is 5.95 Å². The van der Waals surface area contributed by atoms with Crippen molar-refractivity contribution in [2.24, 2.45) is 0 Å². The van der Waals surface area contributed by atoms with E-state index in [1.807, 2.05) is 0 Å². The van der Waals surface area contributed by atoms with E-state index in [2.05, 4.69) is 4.98 Å². The second-order valence-electron chi connectivity index (χ2n) is 3.78. The van der Waals surface area contributed by atoms with Gasteiger partial charge in [-0.3, -0.25) is 0 Å². The van der Waals surface area contributed by atoms with E-state index in [1.165, 1.54) is 24.9 Å². The molecule has 2 heterocycles. The molecular formula is C11H16FN2O4+. The number of nitrogens with two attached hydrogens (primary N) is 1. The molecule has 0 amide bonds. The van der Waals surface area contributed by atoms with Crippen molar-refractivity contribution in [2.75, 3.05) is 33.5 Å². The zero-order chi connectivity index (χ0) is 12.8. The van der Waals surface area contributed by atoms with Crippen molar-refractivity contribution in [3.05, 3.63) is 18.2 Å². The van der Waals surface area contributed by atoms with Crippen molar-refractivity contribution in [3.8, 4) is 5.75 Å². The number of rotatable bonds is 5. The fraction of sp³-hybridized carbons (Fsp3) is 0.545. The Kier molecular flexibility index (Phi) is 4.82. The molecule has 0 bridgehead atoms. The van der Waals surface area contributed by atoms with Crippen molar-refractivity contribution >= 4 is 5.69 Å². The van der Waals surface area contributed by atoms with Gasteiger partial charge in [-0.15, -0.1) is 0 Å². The molecule has 0 spiro atoms. The number of pyridine rings is 1. The first-order valence-corrected chi connectivity index (χ1v) is 5.63. The summed E-state index contributed by atoms with van der Waals surface area (Å²) in [4.78, 5) is 8.42. The predicted octanol–water partition coefficient (Wildman–Crippen LogP) is -0.229. The maximum atomic E-state index is 13.1. The zero-order valence-corrected chi connectivity index (χ0v) is 10.1.